The van der Waals surface area contributed by atoms with E-state index >= 15 is 0 Å². The summed E-state index contributed by atoms with van der Waals surface area (Å²) in [5.41, 5.74) is 1.45. The highest BCUT2D eigenvalue weighted by Crippen LogP contribution is 2.10. The Bertz CT molecular complexity index is 135. The van der Waals surface area contributed by atoms with Gasteiger partial charge < -0.3 is 5.11 Å². The molecule has 0 fully saturated rings. The topological polar surface area (TPSA) is 37.3 Å². The molecule has 1 unspecified atom stereocenters. The van der Waals surface area contributed by atoms with Crippen molar-refractivity contribution in [3.63, 3.8) is 0 Å². The third-order valence-electron chi connectivity index (χ3n) is 1.91. The van der Waals surface area contributed by atoms with E-state index in [1.165, 1.54) is 24.8 Å². The molecule has 78 valence electrons. The van der Waals surface area contributed by atoms with Crippen LogP contribution in [0, 0.1) is 5.92 Å². The summed E-state index contributed by atoms with van der Waals surface area (Å²) >= 11 is 0. The van der Waals surface area contributed by atoms with Gasteiger partial charge in [-0.05, 0) is 32.6 Å². The minimum Gasteiger partial charge on any atom is -0.483 e. The molecule has 0 saturated carbocycles. The first-order valence-corrected chi connectivity index (χ1v) is 4.79. The number of carboxylic acid groups (broad SMARTS) is 1. The molecule has 0 radical (unpaired) electrons. The zero-order valence-electron chi connectivity index (χ0n) is 9.21. The van der Waals surface area contributed by atoms with Crippen LogP contribution >= 0.6 is 0 Å². The van der Waals surface area contributed by atoms with E-state index in [4.69, 9.17) is 9.90 Å². The van der Waals surface area contributed by atoms with Gasteiger partial charge in [0.25, 0.3) is 6.47 Å². The van der Waals surface area contributed by atoms with Crippen LogP contribution < -0.4 is 0 Å². The summed E-state index contributed by atoms with van der Waals surface area (Å²) in [6.07, 6.45) is 6.25. The quantitative estimate of drug-likeness (QED) is 0.539. The summed E-state index contributed by atoms with van der Waals surface area (Å²) in [5.74, 6) is 0.899. The van der Waals surface area contributed by atoms with Gasteiger partial charge in [-0.1, -0.05) is 31.9 Å². The molecule has 0 saturated heterocycles. The second-order valence-corrected chi connectivity index (χ2v) is 3.48. The summed E-state index contributed by atoms with van der Waals surface area (Å²) in [7, 11) is 0. The second-order valence-electron chi connectivity index (χ2n) is 3.48. The highest BCUT2D eigenvalue weighted by molar-refractivity contribution is 5.32. The van der Waals surface area contributed by atoms with E-state index in [1.54, 1.807) is 0 Å². The molecule has 0 heterocycles. The average molecular weight is 186 g/mol. The van der Waals surface area contributed by atoms with Crippen LogP contribution in [0.15, 0.2) is 11.6 Å². The Labute approximate surface area is 81.7 Å². The van der Waals surface area contributed by atoms with E-state index in [0.29, 0.717) is 0 Å². The standard InChI is InChI=1S/C10H20.CH2O2/c1-5-10(4)8-6-7-9(2)3;2-1-3/h7,10H,5-6,8H2,1-4H3;1H,(H,2,3). The number of hydrogen-bond acceptors (Lipinski definition) is 1. The van der Waals surface area contributed by atoms with Crippen LogP contribution in [-0.4, -0.2) is 11.6 Å². The van der Waals surface area contributed by atoms with Gasteiger partial charge in [-0.2, -0.15) is 0 Å². The SMILES string of the molecule is CCC(C)CCC=C(C)C.O=CO. The van der Waals surface area contributed by atoms with E-state index in [2.05, 4.69) is 33.8 Å². The van der Waals surface area contributed by atoms with E-state index in [9.17, 15) is 0 Å². The molecule has 0 spiro atoms. The predicted molar refractivity (Wildman–Crippen MR) is 56.8 cm³/mol. The average Bonchev–Trinajstić information content (AvgIpc) is 2.05. The van der Waals surface area contributed by atoms with Crippen LogP contribution in [0.3, 0.4) is 0 Å². The van der Waals surface area contributed by atoms with Crippen molar-refractivity contribution in [2.75, 3.05) is 0 Å². The highest BCUT2D eigenvalue weighted by Gasteiger charge is 1.94. The van der Waals surface area contributed by atoms with Crippen molar-refractivity contribution in [3.8, 4) is 0 Å². The van der Waals surface area contributed by atoms with E-state index in [1.807, 2.05) is 0 Å². The van der Waals surface area contributed by atoms with Gasteiger partial charge in [0.15, 0.2) is 0 Å². The molecule has 0 amide bonds. The summed E-state index contributed by atoms with van der Waals surface area (Å²) in [4.78, 5) is 8.36. The number of allylic oxidation sites excluding steroid dienone is 2. The van der Waals surface area contributed by atoms with Crippen LogP contribution in [0.5, 0.6) is 0 Å². The molecule has 1 atom stereocenters. The molecular formula is C11H22O2. The molecule has 0 aliphatic rings. The van der Waals surface area contributed by atoms with Crippen LogP contribution in [0.1, 0.15) is 47.0 Å². The Kier molecular flexibility index (Phi) is 12.7. The van der Waals surface area contributed by atoms with E-state index < -0.39 is 0 Å². The lowest BCUT2D eigenvalue weighted by Gasteiger charge is -2.04. The number of rotatable bonds is 4. The molecule has 0 bridgehead atoms. The van der Waals surface area contributed by atoms with Crippen molar-refractivity contribution >= 4 is 6.47 Å². The smallest absolute Gasteiger partial charge is 0.290 e. The van der Waals surface area contributed by atoms with Crippen LogP contribution in [0.4, 0.5) is 0 Å². The number of hydrogen-bond donors (Lipinski definition) is 1. The molecule has 0 aliphatic heterocycles. The van der Waals surface area contributed by atoms with Gasteiger partial charge >= 0.3 is 0 Å². The van der Waals surface area contributed by atoms with Crippen molar-refractivity contribution < 1.29 is 9.90 Å². The van der Waals surface area contributed by atoms with Crippen molar-refractivity contribution in [3.05, 3.63) is 11.6 Å². The third kappa shape index (κ3) is 18.3. The van der Waals surface area contributed by atoms with Gasteiger partial charge in [0.2, 0.25) is 0 Å². The Morgan fingerprint density at radius 3 is 2.23 bits per heavy atom. The van der Waals surface area contributed by atoms with E-state index in [0.717, 1.165) is 5.92 Å². The Hall–Kier alpha value is -0.790. The zero-order valence-corrected chi connectivity index (χ0v) is 9.21. The molecule has 0 aromatic carbocycles. The van der Waals surface area contributed by atoms with Crippen LogP contribution in [-0.2, 0) is 4.79 Å². The second kappa shape index (κ2) is 11.2. The molecule has 1 N–H and O–H groups in total. The molecule has 0 aromatic rings. The maximum Gasteiger partial charge on any atom is 0.290 e. The fourth-order valence-corrected chi connectivity index (χ4v) is 0.861. The fraction of sp³-hybridized carbons (Fsp3) is 0.727. The van der Waals surface area contributed by atoms with Gasteiger partial charge in [-0.3, -0.25) is 4.79 Å². The first kappa shape index (κ1) is 14.7. The maximum atomic E-state index is 8.36. The Morgan fingerprint density at radius 1 is 1.46 bits per heavy atom. The van der Waals surface area contributed by atoms with Gasteiger partial charge in [0, 0.05) is 0 Å². The molecule has 13 heavy (non-hydrogen) atoms. The predicted octanol–water partition coefficient (Wildman–Crippen LogP) is 3.48. The van der Waals surface area contributed by atoms with Crippen LogP contribution in [0.2, 0.25) is 0 Å². The fourth-order valence-electron chi connectivity index (χ4n) is 0.861. The lowest BCUT2D eigenvalue weighted by molar-refractivity contribution is -0.122. The monoisotopic (exact) mass is 186 g/mol. The molecule has 0 rings (SSSR count). The normalized spacial score (nSPS) is 10.8. The molecular weight excluding hydrogens is 164 g/mol. The molecule has 0 aromatic heterocycles. The first-order valence-electron chi connectivity index (χ1n) is 4.79. The maximum absolute atomic E-state index is 8.36. The zero-order chi connectivity index (χ0) is 10.7. The third-order valence-corrected chi connectivity index (χ3v) is 1.91. The Morgan fingerprint density at radius 2 is 1.92 bits per heavy atom. The summed E-state index contributed by atoms with van der Waals surface area (Å²) < 4.78 is 0. The minimum atomic E-state index is -0.250. The summed E-state index contributed by atoms with van der Waals surface area (Å²) in [5, 5.41) is 6.89. The lowest BCUT2D eigenvalue weighted by atomic mass is 10.0. The number of carbonyl (C=O) groups is 1. The molecule has 2 heteroatoms. The van der Waals surface area contributed by atoms with Crippen molar-refractivity contribution in [1.29, 1.82) is 0 Å². The summed E-state index contributed by atoms with van der Waals surface area (Å²) in [6, 6.07) is 0. The minimum absolute atomic E-state index is 0.250. The summed E-state index contributed by atoms with van der Waals surface area (Å²) in [6.45, 7) is 8.65. The van der Waals surface area contributed by atoms with Gasteiger partial charge in [0.05, 0.1) is 0 Å². The van der Waals surface area contributed by atoms with Crippen molar-refractivity contribution in [2.45, 2.75) is 47.0 Å². The molecule has 0 aliphatic carbocycles. The highest BCUT2D eigenvalue weighted by atomic mass is 16.3. The largest absolute Gasteiger partial charge is 0.483 e. The van der Waals surface area contributed by atoms with Crippen molar-refractivity contribution in [1.82, 2.24) is 0 Å². The van der Waals surface area contributed by atoms with Crippen LogP contribution in [0.25, 0.3) is 0 Å². The van der Waals surface area contributed by atoms with E-state index in [-0.39, 0.29) is 6.47 Å². The first-order chi connectivity index (χ1) is 6.08. The van der Waals surface area contributed by atoms with Gasteiger partial charge in [0.1, 0.15) is 0 Å². The lowest BCUT2D eigenvalue weighted by Crippen LogP contribution is -1.89. The van der Waals surface area contributed by atoms with Crippen molar-refractivity contribution in [2.24, 2.45) is 5.92 Å². The van der Waals surface area contributed by atoms with Gasteiger partial charge in [-0.25, -0.2) is 0 Å². The molecule has 2 nitrogen and oxygen atoms in total. The van der Waals surface area contributed by atoms with Gasteiger partial charge in [-0.15, -0.1) is 0 Å². The Balaban J connectivity index is 0.